The lowest BCUT2D eigenvalue weighted by Crippen LogP contribution is -2.05. The van der Waals surface area contributed by atoms with Crippen LogP contribution >= 0.6 is 15.9 Å². The van der Waals surface area contributed by atoms with Gasteiger partial charge in [-0.2, -0.15) is 0 Å². The van der Waals surface area contributed by atoms with Gasteiger partial charge in [0.1, 0.15) is 5.75 Å². The molecule has 0 saturated carbocycles. The summed E-state index contributed by atoms with van der Waals surface area (Å²) >= 11 is 3.46. The van der Waals surface area contributed by atoms with Gasteiger partial charge in [-0.1, -0.05) is 15.9 Å². The largest absolute Gasteiger partial charge is 0.491 e. The second kappa shape index (κ2) is 4.92. The van der Waals surface area contributed by atoms with E-state index in [-0.39, 0.29) is 6.10 Å². The number of hydrogen-bond donors (Lipinski definition) is 0. The first-order valence-corrected chi connectivity index (χ1v) is 6.24. The number of halogens is 1. The van der Waals surface area contributed by atoms with E-state index >= 15 is 0 Å². The van der Waals surface area contributed by atoms with Gasteiger partial charge < -0.3 is 9.15 Å². The van der Waals surface area contributed by atoms with Crippen LogP contribution in [-0.4, -0.2) is 11.1 Å². The lowest BCUT2D eigenvalue weighted by atomic mass is 10.2. The maximum Gasteiger partial charge on any atom is 0.191 e. The molecular formula is C13H14BrNO2. The highest BCUT2D eigenvalue weighted by Crippen LogP contribution is 2.29. The van der Waals surface area contributed by atoms with E-state index in [2.05, 4.69) is 20.9 Å². The Bertz CT molecular complexity index is 520. The molecule has 0 saturated heterocycles. The number of hydrogen-bond acceptors (Lipinski definition) is 3. The van der Waals surface area contributed by atoms with E-state index in [9.17, 15) is 0 Å². The third-order valence-corrected chi connectivity index (χ3v) is 2.61. The van der Waals surface area contributed by atoms with Crippen molar-refractivity contribution >= 4 is 15.9 Å². The van der Waals surface area contributed by atoms with Crippen LogP contribution in [0.2, 0.25) is 0 Å². The van der Waals surface area contributed by atoms with Gasteiger partial charge in [-0.3, -0.25) is 0 Å². The number of ether oxygens (including phenoxy) is 1. The lowest BCUT2D eigenvalue weighted by molar-refractivity contribution is 0.242. The molecule has 0 fully saturated rings. The Morgan fingerprint density at radius 1 is 1.29 bits per heavy atom. The fourth-order valence-corrected chi connectivity index (χ4v) is 2.01. The van der Waals surface area contributed by atoms with Crippen molar-refractivity contribution in [3.8, 4) is 17.1 Å². The lowest BCUT2D eigenvalue weighted by Gasteiger charge is -2.11. The smallest absolute Gasteiger partial charge is 0.191 e. The van der Waals surface area contributed by atoms with Crippen LogP contribution < -0.4 is 4.74 Å². The van der Waals surface area contributed by atoms with Gasteiger partial charge in [0.05, 0.1) is 12.3 Å². The molecule has 3 nitrogen and oxygen atoms in total. The van der Waals surface area contributed by atoms with E-state index in [4.69, 9.17) is 9.15 Å². The molecule has 0 N–H and O–H groups in total. The van der Waals surface area contributed by atoms with Gasteiger partial charge >= 0.3 is 0 Å². The van der Waals surface area contributed by atoms with Crippen LogP contribution in [0.3, 0.4) is 0 Å². The fraction of sp³-hybridized carbons (Fsp3) is 0.308. The molecule has 0 amide bonds. The quantitative estimate of drug-likeness (QED) is 0.851. The third-order valence-electron chi connectivity index (χ3n) is 2.15. The Morgan fingerprint density at radius 2 is 2.06 bits per heavy atom. The number of aryl methyl sites for hydroxylation is 1. The molecule has 2 aromatic rings. The Kier molecular flexibility index (Phi) is 3.52. The molecule has 90 valence electrons. The van der Waals surface area contributed by atoms with E-state index in [1.165, 1.54) is 0 Å². The van der Waals surface area contributed by atoms with Crippen LogP contribution in [0.25, 0.3) is 11.3 Å². The Morgan fingerprint density at radius 3 is 2.65 bits per heavy atom. The van der Waals surface area contributed by atoms with Crippen LogP contribution in [0.4, 0.5) is 0 Å². The molecule has 0 aliphatic carbocycles. The van der Waals surface area contributed by atoms with Crippen LogP contribution in [-0.2, 0) is 0 Å². The van der Waals surface area contributed by atoms with Gasteiger partial charge in [0.15, 0.2) is 11.7 Å². The standard InChI is InChI=1S/C13H14BrNO2/c1-8(2)16-12-5-10(4-11(14)6-12)13-7-15-9(3)17-13/h4-8H,1-3H3. The van der Waals surface area contributed by atoms with Crippen molar-refractivity contribution in [1.29, 1.82) is 0 Å². The predicted molar refractivity (Wildman–Crippen MR) is 70.1 cm³/mol. The molecular weight excluding hydrogens is 282 g/mol. The molecule has 1 aromatic carbocycles. The summed E-state index contributed by atoms with van der Waals surface area (Å²) in [5.41, 5.74) is 0.954. The number of rotatable bonds is 3. The second-order valence-electron chi connectivity index (χ2n) is 4.09. The Balaban J connectivity index is 2.37. The predicted octanol–water partition coefficient (Wildman–Crippen LogP) is 4.20. The van der Waals surface area contributed by atoms with Gasteiger partial charge in [0.2, 0.25) is 0 Å². The molecule has 2 rings (SSSR count). The maximum atomic E-state index is 5.67. The van der Waals surface area contributed by atoms with Crippen LogP contribution in [0, 0.1) is 6.92 Å². The zero-order valence-corrected chi connectivity index (χ0v) is 11.6. The van der Waals surface area contributed by atoms with Crippen molar-refractivity contribution in [3.63, 3.8) is 0 Å². The summed E-state index contributed by atoms with van der Waals surface area (Å²) in [6, 6.07) is 5.87. The highest BCUT2D eigenvalue weighted by Gasteiger charge is 2.08. The first-order valence-electron chi connectivity index (χ1n) is 5.44. The normalized spacial score (nSPS) is 10.9. The molecule has 0 radical (unpaired) electrons. The van der Waals surface area contributed by atoms with Crippen molar-refractivity contribution in [2.75, 3.05) is 0 Å². The topological polar surface area (TPSA) is 35.3 Å². The first-order chi connectivity index (χ1) is 8.04. The third kappa shape index (κ3) is 3.09. The van der Waals surface area contributed by atoms with E-state index in [0.29, 0.717) is 5.89 Å². The van der Waals surface area contributed by atoms with Crippen molar-refractivity contribution in [3.05, 3.63) is 34.8 Å². The average Bonchev–Trinajstić information content (AvgIpc) is 2.62. The zero-order valence-electron chi connectivity index (χ0n) is 10.0. The van der Waals surface area contributed by atoms with Gasteiger partial charge in [-0.05, 0) is 32.0 Å². The second-order valence-corrected chi connectivity index (χ2v) is 5.00. The van der Waals surface area contributed by atoms with Crippen LogP contribution in [0.1, 0.15) is 19.7 Å². The fourth-order valence-electron chi connectivity index (χ4n) is 1.54. The molecule has 0 aliphatic heterocycles. The molecule has 1 heterocycles. The van der Waals surface area contributed by atoms with Crippen molar-refractivity contribution < 1.29 is 9.15 Å². The minimum absolute atomic E-state index is 0.147. The summed E-state index contributed by atoms with van der Waals surface area (Å²) in [5, 5.41) is 0. The summed E-state index contributed by atoms with van der Waals surface area (Å²) in [5.74, 6) is 2.22. The first kappa shape index (κ1) is 12.2. The summed E-state index contributed by atoms with van der Waals surface area (Å²) < 4.78 is 12.1. The summed E-state index contributed by atoms with van der Waals surface area (Å²) in [4.78, 5) is 4.09. The molecule has 17 heavy (non-hydrogen) atoms. The van der Waals surface area contributed by atoms with Crippen molar-refractivity contribution in [2.24, 2.45) is 0 Å². The number of oxazole rings is 1. The van der Waals surface area contributed by atoms with E-state index < -0.39 is 0 Å². The molecule has 0 bridgehead atoms. The highest BCUT2D eigenvalue weighted by atomic mass is 79.9. The van der Waals surface area contributed by atoms with Crippen molar-refractivity contribution in [1.82, 2.24) is 4.98 Å². The minimum Gasteiger partial charge on any atom is -0.491 e. The summed E-state index contributed by atoms with van der Waals surface area (Å²) in [6.07, 6.45) is 1.87. The highest BCUT2D eigenvalue weighted by molar-refractivity contribution is 9.10. The average molecular weight is 296 g/mol. The Hall–Kier alpha value is -1.29. The number of benzene rings is 1. The number of nitrogens with zero attached hydrogens (tertiary/aromatic N) is 1. The van der Waals surface area contributed by atoms with E-state index in [1.807, 2.05) is 39.0 Å². The van der Waals surface area contributed by atoms with Gasteiger partial charge in [0.25, 0.3) is 0 Å². The monoisotopic (exact) mass is 295 g/mol. The molecule has 0 aliphatic rings. The van der Waals surface area contributed by atoms with Crippen LogP contribution in [0.5, 0.6) is 5.75 Å². The van der Waals surface area contributed by atoms with Gasteiger partial charge in [-0.15, -0.1) is 0 Å². The van der Waals surface area contributed by atoms with Gasteiger partial charge in [0, 0.05) is 17.0 Å². The molecule has 0 atom stereocenters. The Labute approximate surface area is 109 Å². The van der Waals surface area contributed by atoms with Crippen LogP contribution in [0.15, 0.2) is 33.3 Å². The zero-order chi connectivity index (χ0) is 12.4. The van der Waals surface area contributed by atoms with E-state index in [0.717, 1.165) is 21.5 Å². The summed E-state index contributed by atoms with van der Waals surface area (Å²) in [7, 11) is 0. The molecule has 0 spiro atoms. The SMILES string of the molecule is Cc1ncc(-c2cc(Br)cc(OC(C)C)c2)o1. The molecule has 1 aromatic heterocycles. The number of aromatic nitrogens is 1. The maximum absolute atomic E-state index is 5.67. The van der Waals surface area contributed by atoms with Gasteiger partial charge in [-0.25, -0.2) is 4.98 Å². The molecule has 4 heteroatoms. The molecule has 0 unspecified atom stereocenters. The van der Waals surface area contributed by atoms with Crippen molar-refractivity contribution in [2.45, 2.75) is 26.9 Å². The van der Waals surface area contributed by atoms with E-state index in [1.54, 1.807) is 6.20 Å². The minimum atomic E-state index is 0.147. The summed E-state index contributed by atoms with van der Waals surface area (Å²) in [6.45, 7) is 5.82.